The van der Waals surface area contributed by atoms with Crippen LogP contribution < -0.4 is 20.8 Å². The van der Waals surface area contributed by atoms with Gasteiger partial charge in [0.2, 0.25) is 5.50 Å². The number of para-hydroxylation sites is 1. The van der Waals surface area contributed by atoms with Crippen LogP contribution >= 0.6 is 18.9 Å². The summed E-state index contributed by atoms with van der Waals surface area (Å²) in [6.07, 6.45) is 0.788. The molecule has 0 amide bonds. The highest BCUT2D eigenvalue weighted by Crippen LogP contribution is 2.44. The van der Waals surface area contributed by atoms with E-state index in [1.165, 1.54) is 11.3 Å². The molecular weight excluding hydrogens is 449 g/mol. The Kier molecular flexibility index (Phi) is 7.77. The van der Waals surface area contributed by atoms with Gasteiger partial charge in [-0.15, -0.1) is 11.3 Å². The van der Waals surface area contributed by atoms with Gasteiger partial charge in [-0.05, 0) is 50.5 Å². The fraction of sp³-hybridized carbons (Fsp3) is 0.364. The Hall–Kier alpha value is -2.61. The van der Waals surface area contributed by atoms with Gasteiger partial charge in [-0.25, -0.2) is 10.1 Å². The lowest BCUT2D eigenvalue weighted by Gasteiger charge is -2.21. The number of nitrogen functional groups attached to an aromatic ring is 1. The SMILES string of the molecule is CCOC(=O)[C@H](C)NP(=O)(Oc1ccccc1)c1ccc(-c2nc(N)sc2CC(C)C)o1. The molecule has 2 atom stereocenters. The highest BCUT2D eigenvalue weighted by Gasteiger charge is 2.36. The van der Waals surface area contributed by atoms with E-state index in [0.717, 1.165) is 11.3 Å². The number of carbonyl (C=O) groups excluding carboxylic acids is 1. The number of hydrogen-bond donors (Lipinski definition) is 2. The van der Waals surface area contributed by atoms with Crippen LogP contribution in [-0.4, -0.2) is 23.6 Å². The third-order valence-electron chi connectivity index (χ3n) is 4.40. The second kappa shape index (κ2) is 10.3. The van der Waals surface area contributed by atoms with Crippen LogP contribution in [0.15, 0.2) is 46.9 Å². The third kappa shape index (κ3) is 5.79. The molecule has 1 unspecified atom stereocenters. The van der Waals surface area contributed by atoms with Gasteiger partial charge in [0.25, 0.3) is 0 Å². The van der Waals surface area contributed by atoms with Gasteiger partial charge < -0.3 is 19.4 Å². The fourth-order valence-corrected chi connectivity index (χ4v) is 5.87. The van der Waals surface area contributed by atoms with Crippen LogP contribution in [0.1, 0.15) is 32.6 Å². The lowest BCUT2D eigenvalue weighted by Crippen LogP contribution is -2.37. The number of aromatic nitrogens is 1. The Labute approximate surface area is 191 Å². The summed E-state index contributed by atoms with van der Waals surface area (Å²) in [7, 11) is -3.84. The summed E-state index contributed by atoms with van der Waals surface area (Å²) < 4.78 is 30.8. The van der Waals surface area contributed by atoms with E-state index in [0.29, 0.717) is 28.3 Å². The average molecular weight is 478 g/mol. The molecule has 2 heterocycles. The van der Waals surface area contributed by atoms with Gasteiger partial charge in [-0.2, -0.15) is 0 Å². The first kappa shape index (κ1) is 24.0. The van der Waals surface area contributed by atoms with Crippen LogP contribution in [0.4, 0.5) is 5.13 Å². The van der Waals surface area contributed by atoms with Crippen LogP contribution in [0.2, 0.25) is 0 Å². The van der Waals surface area contributed by atoms with Gasteiger partial charge in [-0.3, -0.25) is 9.36 Å². The van der Waals surface area contributed by atoms with Crippen molar-refractivity contribution in [3.05, 3.63) is 47.3 Å². The lowest BCUT2D eigenvalue weighted by atomic mass is 10.1. The zero-order valence-corrected chi connectivity index (χ0v) is 20.2. The molecule has 0 spiro atoms. The van der Waals surface area contributed by atoms with Crippen LogP contribution in [0.5, 0.6) is 5.75 Å². The van der Waals surface area contributed by atoms with E-state index in [2.05, 4.69) is 23.9 Å². The number of furan rings is 1. The van der Waals surface area contributed by atoms with Gasteiger partial charge in [-0.1, -0.05) is 32.0 Å². The van der Waals surface area contributed by atoms with E-state index in [1.807, 2.05) is 6.07 Å². The van der Waals surface area contributed by atoms with Crippen molar-refractivity contribution in [1.29, 1.82) is 0 Å². The maximum Gasteiger partial charge on any atom is 0.382 e. The molecule has 3 rings (SSSR count). The van der Waals surface area contributed by atoms with Crippen LogP contribution in [0.25, 0.3) is 11.5 Å². The summed E-state index contributed by atoms with van der Waals surface area (Å²) >= 11 is 1.41. The van der Waals surface area contributed by atoms with E-state index in [1.54, 1.807) is 50.2 Å². The summed E-state index contributed by atoms with van der Waals surface area (Å²) in [5.74, 6) is 0.673. The molecule has 0 bridgehead atoms. The highest BCUT2D eigenvalue weighted by atomic mass is 32.1. The second-order valence-corrected chi connectivity index (χ2v) is 10.7. The van der Waals surface area contributed by atoms with Crippen LogP contribution in [0.3, 0.4) is 0 Å². The van der Waals surface area contributed by atoms with Crippen molar-refractivity contribution in [3.8, 4) is 17.2 Å². The molecular formula is C22H28N3O5PS. The Morgan fingerprint density at radius 1 is 1.22 bits per heavy atom. The van der Waals surface area contributed by atoms with Crippen LogP contribution in [0, 0.1) is 5.92 Å². The Morgan fingerprint density at radius 3 is 2.59 bits per heavy atom. The summed E-state index contributed by atoms with van der Waals surface area (Å²) in [5.41, 5.74) is 6.62. The van der Waals surface area contributed by atoms with Crippen molar-refractivity contribution < 1.29 is 23.0 Å². The van der Waals surface area contributed by atoms with E-state index < -0.39 is 19.5 Å². The zero-order chi connectivity index (χ0) is 23.3. The van der Waals surface area contributed by atoms with Gasteiger partial charge >= 0.3 is 13.5 Å². The number of hydrogen-bond acceptors (Lipinski definition) is 8. The van der Waals surface area contributed by atoms with Crippen molar-refractivity contribution in [2.45, 2.75) is 40.2 Å². The van der Waals surface area contributed by atoms with Gasteiger partial charge in [0.05, 0.1) is 6.61 Å². The monoisotopic (exact) mass is 477 g/mol. The smallest absolute Gasteiger partial charge is 0.382 e. The van der Waals surface area contributed by atoms with Crippen LogP contribution in [-0.2, 0) is 20.5 Å². The van der Waals surface area contributed by atoms with Crippen molar-refractivity contribution >= 4 is 35.5 Å². The van der Waals surface area contributed by atoms with E-state index >= 15 is 0 Å². The molecule has 0 saturated carbocycles. The highest BCUT2D eigenvalue weighted by molar-refractivity contribution is 7.65. The van der Waals surface area contributed by atoms with Gasteiger partial charge in [0, 0.05) is 4.88 Å². The van der Waals surface area contributed by atoms with Gasteiger partial charge in [0.15, 0.2) is 10.9 Å². The minimum Gasteiger partial charge on any atom is -0.465 e. The van der Waals surface area contributed by atoms with E-state index in [9.17, 15) is 9.36 Å². The van der Waals surface area contributed by atoms with Crippen molar-refractivity contribution in [3.63, 3.8) is 0 Å². The molecule has 10 heteroatoms. The fourth-order valence-electron chi connectivity index (χ4n) is 3.02. The lowest BCUT2D eigenvalue weighted by molar-refractivity contribution is -0.144. The first-order chi connectivity index (χ1) is 15.2. The minimum atomic E-state index is -3.84. The first-order valence-corrected chi connectivity index (χ1v) is 12.8. The summed E-state index contributed by atoms with van der Waals surface area (Å²) in [4.78, 5) is 17.6. The molecule has 0 fully saturated rings. The molecule has 3 N–H and O–H groups in total. The molecule has 2 aromatic heterocycles. The summed E-state index contributed by atoms with van der Waals surface area (Å²) in [6, 6.07) is 11.1. The number of benzene rings is 1. The van der Waals surface area contributed by atoms with Gasteiger partial charge in [0.1, 0.15) is 17.5 Å². The van der Waals surface area contributed by atoms with E-state index in [4.69, 9.17) is 19.4 Å². The first-order valence-electron chi connectivity index (χ1n) is 10.4. The second-order valence-electron chi connectivity index (χ2n) is 7.62. The molecule has 172 valence electrons. The predicted octanol–water partition coefficient (Wildman–Crippen LogP) is 4.62. The molecule has 0 saturated heterocycles. The predicted molar refractivity (Wildman–Crippen MR) is 126 cm³/mol. The van der Waals surface area contributed by atoms with Crippen molar-refractivity contribution in [2.24, 2.45) is 5.92 Å². The molecule has 0 aliphatic heterocycles. The third-order valence-corrected chi connectivity index (χ3v) is 7.33. The number of ether oxygens (including phenoxy) is 1. The van der Waals surface area contributed by atoms with E-state index in [-0.39, 0.29) is 12.1 Å². The summed E-state index contributed by atoms with van der Waals surface area (Å²) in [5, 5.41) is 3.22. The molecule has 0 radical (unpaired) electrons. The molecule has 0 aliphatic carbocycles. The molecule has 8 nitrogen and oxygen atoms in total. The Bertz CT molecular complexity index is 1100. The maximum atomic E-state index is 13.9. The standard InChI is InChI=1S/C22H28N3O5PS/c1-5-28-21(26)15(4)25-31(27,30-16-9-7-6-8-10-16)19-12-11-17(29-19)20-18(13-14(2)3)32-22(23)24-20/h6-12,14-15H,5,13H2,1-4H3,(H2,23,24)(H,25,27)/t15-,31?/m0/s1. The maximum absolute atomic E-state index is 13.9. The number of anilines is 1. The Balaban J connectivity index is 1.97. The molecule has 0 aliphatic rings. The normalized spacial score (nSPS) is 14.2. The number of nitrogens with two attached hydrogens (primary N) is 1. The molecule has 3 aromatic rings. The van der Waals surface area contributed by atoms with Crippen molar-refractivity contribution in [2.75, 3.05) is 12.3 Å². The number of nitrogens with zero attached hydrogens (tertiary/aromatic N) is 1. The number of esters is 1. The minimum absolute atomic E-state index is 0.0644. The topological polar surface area (TPSA) is 117 Å². The quantitative estimate of drug-likeness (QED) is 0.321. The molecule has 1 aromatic carbocycles. The molecule has 32 heavy (non-hydrogen) atoms. The zero-order valence-electron chi connectivity index (χ0n) is 18.5. The number of nitrogens with one attached hydrogen (secondary N) is 1. The number of thiazole rings is 1. The number of carbonyl (C=O) groups is 1. The number of rotatable bonds is 10. The summed E-state index contributed by atoms with van der Waals surface area (Å²) in [6.45, 7) is 7.69. The Morgan fingerprint density at radius 2 is 1.94 bits per heavy atom. The average Bonchev–Trinajstić information content (AvgIpc) is 3.35. The van der Waals surface area contributed by atoms with Crippen molar-refractivity contribution in [1.82, 2.24) is 10.1 Å². The largest absolute Gasteiger partial charge is 0.465 e.